The number of carbonyl (C=O) groups is 2. The second-order valence-corrected chi connectivity index (χ2v) is 10.0. The number of Topliss-reactive ketones (excluding diaryl/α,β-unsaturated/α-hetero) is 1. The number of carboxylic acid groups (broad SMARTS) is 1. The maximum atomic E-state index is 11.7. The van der Waals surface area contributed by atoms with Gasteiger partial charge in [-0.3, -0.25) is 4.79 Å². The number of fused-ring (bicyclic) bond motifs is 1. The van der Waals surface area contributed by atoms with Crippen molar-refractivity contribution in [2.75, 3.05) is 13.2 Å². The fourth-order valence-corrected chi connectivity index (χ4v) is 4.73. The molecule has 0 radical (unpaired) electrons. The quantitative estimate of drug-likeness (QED) is 0.184. The van der Waals surface area contributed by atoms with Crippen LogP contribution in [0.15, 0.2) is 17.9 Å². The van der Waals surface area contributed by atoms with Crippen molar-refractivity contribution in [1.29, 1.82) is 0 Å². The number of unbranched alkanes of at least 4 members (excludes halogenated alkanes) is 2. The first-order valence-corrected chi connectivity index (χ1v) is 13.2. The van der Waals surface area contributed by atoms with Crippen LogP contribution in [0.1, 0.15) is 84.6 Å². The lowest BCUT2D eigenvalue weighted by Crippen LogP contribution is -2.46. The number of hydrogen-bond donors (Lipinski definition) is 4. The van der Waals surface area contributed by atoms with Gasteiger partial charge in [-0.1, -0.05) is 13.3 Å². The Bertz CT molecular complexity index is 1310. The molecule has 0 saturated heterocycles. The predicted octanol–water partition coefficient (Wildman–Crippen LogP) is 6.12. The first-order valence-electron chi connectivity index (χ1n) is 13.2. The molecule has 9 heteroatoms. The number of phenols is 1. The molecule has 1 unspecified atom stereocenters. The highest BCUT2D eigenvalue weighted by Gasteiger charge is 2.48. The second kappa shape index (κ2) is 11.9. The zero-order chi connectivity index (χ0) is 29.1. The largest absolute Gasteiger partial charge is 0.507 e. The van der Waals surface area contributed by atoms with Crippen molar-refractivity contribution in [3.05, 3.63) is 51.3 Å². The summed E-state index contributed by atoms with van der Waals surface area (Å²) in [5.41, 5.74) is 1.01. The van der Waals surface area contributed by atoms with Crippen molar-refractivity contribution in [2.45, 2.75) is 79.2 Å². The average Bonchev–Trinajstić information content (AvgIpc) is 2.88. The number of phenolic OH excluding ortho intramolecular Hbond substituents is 1. The molecule has 39 heavy (non-hydrogen) atoms. The van der Waals surface area contributed by atoms with Gasteiger partial charge < -0.3 is 34.6 Å². The molecule has 1 heterocycles. The topological polar surface area (TPSA) is 143 Å². The highest BCUT2D eigenvalue weighted by atomic mass is 16.5. The highest BCUT2D eigenvalue weighted by Crippen LogP contribution is 2.47. The molecule has 0 amide bonds. The molecular weight excluding hydrogens is 504 g/mol. The van der Waals surface area contributed by atoms with E-state index in [0.717, 1.165) is 31.2 Å². The van der Waals surface area contributed by atoms with Crippen LogP contribution in [0.4, 0.5) is 0 Å². The normalized spacial score (nSPS) is 16.5. The fraction of sp³-hybridized carbons (Fsp3) is 0.467. The van der Waals surface area contributed by atoms with E-state index in [1.165, 1.54) is 13.8 Å². The van der Waals surface area contributed by atoms with Gasteiger partial charge in [0.25, 0.3) is 5.60 Å². The standard InChI is InChI=1S/C30H38O9/c1-7-11-21-22(13-12-20(19(5)31)24(21)32)37-14-9-8-10-15-38-26-16(2)17(3)27-23(18(26)4)25(33)28(34)30(6,39-27)29(35)36/h12-13,32-34H,7-11,14-15H2,1-6H3,(H,35,36). The molecule has 0 aromatic heterocycles. The lowest BCUT2D eigenvalue weighted by Gasteiger charge is -2.34. The minimum absolute atomic E-state index is 0.00600. The molecule has 9 nitrogen and oxygen atoms in total. The van der Waals surface area contributed by atoms with Crippen LogP contribution >= 0.6 is 0 Å². The zero-order valence-corrected chi connectivity index (χ0v) is 23.4. The molecule has 0 aliphatic carbocycles. The molecule has 0 fully saturated rings. The lowest BCUT2D eigenvalue weighted by molar-refractivity contribution is -0.153. The summed E-state index contributed by atoms with van der Waals surface area (Å²) in [6.07, 6.45) is 3.72. The van der Waals surface area contributed by atoms with Gasteiger partial charge in [-0.15, -0.1) is 0 Å². The van der Waals surface area contributed by atoms with Crippen LogP contribution in [-0.2, 0) is 11.2 Å². The van der Waals surface area contributed by atoms with Crippen molar-refractivity contribution < 1.29 is 44.2 Å². The summed E-state index contributed by atoms with van der Waals surface area (Å²) < 4.78 is 17.7. The number of aromatic hydroxyl groups is 1. The van der Waals surface area contributed by atoms with Crippen LogP contribution in [0.5, 0.6) is 23.0 Å². The van der Waals surface area contributed by atoms with Crippen molar-refractivity contribution in [2.24, 2.45) is 0 Å². The van der Waals surface area contributed by atoms with E-state index in [9.17, 15) is 30.0 Å². The van der Waals surface area contributed by atoms with Crippen molar-refractivity contribution in [1.82, 2.24) is 0 Å². The maximum absolute atomic E-state index is 11.7. The number of aliphatic hydroxyl groups is 2. The van der Waals surface area contributed by atoms with Gasteiger partial charge in [0.1, 0.15) is 23.0 Å². The van der Waals surface area contributed by atoms with E-state index in [0.29, 0.717) is 53.4 Å². The van der Waals surface area contributed by atoms with Gasteiger partial charge in [0, 0.05) is 11.1 Å². The minimum atomic E-state index is -2.09. The van der Waals surface area contributed by atoms with E-state index in [-0.39, 0.29) is 22.8 Å². The Kier molecular flexibility index (Phi) is 9.04. The Labute approximate surface area is 228 Å². The van der Waals surface area contributed by atoms with Gasteiger partial charge in [-0.05, 0) is 83.6 Å². The number of aliphatic carboxylic acids is 1. The third-order valence-corrected chi connectivity index (χ3v) is 7.23. The maximum Gasteiger partial charge on any atom is 0.355 e. The van der Waals surface area contributed by atoms with Crippen LogP contribution in [0.25, 0.3) is 5.76 Å². The molecule has 4 N–H and O–H groups in total. The number of rotatable bonds is 12. The molecule has 212 valence electrons. The smallest absolute Gasteiger partial charge is 0.355 e. The highest BCUT2D eigenvalue weighted by molar-refractivity contribution is 5.97. The molecule has 3 rings (SSSR count). The second-order valence-electron chi connectivity index (χ2n) is 10.0. The molecule has 1 aliphatic heterocycles. The molecule has 2 aromatic carbocycles. The molecule has 0 saturated carbocycles. The van der Waals surface area contributed by atoms with Crippen molar-refractivity contribution >= 4 is 17.5 Å². The number of carbonyl (C=O) groups excluding carboxylic acids is 1. The molecular formula is C30H38O9. The van der Waals surface area contributed by atoms with E-state index in [2.05, 4.69) is 0 Å². The van der Waals surface area contributed by atoms with Crippen molar-refractivity contribution in [3.8, 4) is 23.0 Å². The first kappa shape index (κ1) is 29.7. The van der Waals surface area contributed by atoms with E-state index in [1.807, 2.05) is 13.8 Å². The van der Waals surface area contributed by atoms with Gasteiger partial charge in [-0.2, -0.15) is 0 Å². The number of ketones is 1. The monoisotopic (exact) mass is 542 g/mol. The van der Waals surface area contributed by atoms with Gasteiger partial charge in [-0.25, -0.2) is 4.79 Å². The van der Waals surface area contributed by atoms with Crippen LogP contribution in [0.3, 0.4) is 0 Å². The Morgan fingerprint density at radius 1 is 0.949 bits per heavy atom. The Hall–Kier alpha value is -3.88. The molecule has 0 bridgehead atoms. The van der Waals surface area contributed by atoms with E-state index < -0.39 is 23.1 Å². The van der Waals surface area contributed by atoms with E-state index in [1.54, 1.807) is 26.0 Å². The van der Waals surface area contributed by atoms with Gasteiger partial charge in [0.05, 0.1) is 24.3 Å². The summed E-state index contributed by atoms with van der Waals surface area (Å²) >= 11 is 0. The van der Waals surface area contributed by atoms with Crippen LogP contribution < -0.4 is 14.2 Å². The van der Waals surface area contributed by atoms with Gasteiger partial charge >= 0.3 is 5.97 Å². The summed E-state index contributed by atoms with van der Waals surface area (Å²) in [5.74, 6) is -1.56. The summed E-state index contributed by atoms with van der Waals surface area (Å²) in [6.45, 7) is 10.8. The molecule has 1 atom stereocenters. The lowest BCUT2D eigenvalue weighted by atomic mass is 9.90. The molecule has 2 aromatic rings. The van der Waals surface area contributed by atoms with E-state index >= 15 is 0 Å². The number of carboxylic acids is 1. The first-order chi connectivity index (χ1) is 18.4. The number of ether oxygens (including phenoxy) is 3. The third-order valence-electron chi connectivity index (χ3n) is 7.23. The fourth-order valence-electron chi connectivity index (χ4n) is 4.73. The van der Waals surface area contributed by atoms with Crippen LogP contribution in [0.2, 0.25) is 0 Å². The molecule has 1 aliphatic rings. The third kappa shape index (κ3) is 5.62. The summed E-state index contributed by atoms with van der Waals surface area (Å²) in [6, 6.07) is 3.32. The van der Waals surface area contributed by atoms with Crippen LogP contribution in [0, 0.1) is 20.8 Å². The van der Waals surface area contributed by atoms with Crippen LogP contribution in [-0.4, -0.2) is 51.0 Å². The SMILES string of the molecule is CCCc1c(OCCCCCOc2c(C)c(C)c3c(c2C)C(O)=C(O)C(C)(C(=O)O)O3)ccc(C(C)=O)c1O. The van der Waals surface area contributed by atoms with Gasteiger partial charge in [0.2, 0.25) is 0 Å². The zero-order valence-electron chi connectivity index (χ0n) is 23.4. The number of benzene rings is 2. The summed E-state index contributed by atoms with van der Waals surface area (Å²) in [4.78, 5) is 23.5. The predicted molar refractivity (Wildman–Crippen MR) is 146 cm³/mol. The average molecular weight is 543 g/mol. The molecule has 0 spiro atoms. The Morgan fingerprint density at radius 3 is 2.18 bits per heavy atom. The van der Waals surface area contributed by atoms with Gasteiger partial charge in [0.15, 0.2) is 17.3 Å². The summed E-state index contributed by atoms with van der Waals surface area (Å²) in [7, 11) is 0. The number of hydrogen-bond acceptors (Lipinski definition) is 8. The minimum Gasteiger partial charge on any atom is -0.507 e. The van der Waals surface area contributed by atoms with Crippen molar-refractivity contribution in [3.63, 3.8) is 0 Å². The Morgan fingerprint density at radius 2 is 1.59 bits per heavy atom. The van der Waals surface area contributed by atoms with E-state index in [4.69, 9.17) is 14.2 Å². The Balaban J connectivity index is 1.62. The number of aliphatic hydroxyl groups excluding tert-OH is 2. The summed E-state index contributed by atoms with van der Waals surface area (Å²) in [5, 5.41) is 41.2.